The molecule has 4 atom stereocenters. The van der Waals surface area contributed by atoms with Crippen LogP contribution in [0.25, 0.3) is 0 Å². The van der Waals surface area contributed by atoms with Gasteiger partial charge in [0.2, 0.25) is 5.91 Å². The van der Waals surface area contributed by atoms with Crippen molar-refractivity contribution in [1.29, 1.82) is 0 Å². The first-order chi connectivity index (χ1) is 16.2. The molecule has 2 aliphatic heterocycles. The molecule has 176 valence electrons. The minimum absolute atomic E-state index is 0.0391. The average Bonchev–Trinajstić information content (AvgIpc) is 2.80. The van der Waals surface area contributed by atoms with Crippen LogP contribution in [-0.4, -0.2) is 62.5 Å². The summed E-state index contributed by atoms with van der Waals surface area (Å²) in [6.45, 7) is 3.24. The molecule has 0 saturated carbocycles. The van der Waals surface area contributed by atoms with Crippen LogP contribution in [0.2, 0.25) is 5.02 Å². The molecule has 0 aromatic heterocycles. The molecule has 2 aromatic rings. The van der Waals surface area contributed by atoms with Gasteiger partial charge in [-0.05, 0) is 48.0 Å². The molecule has 0 spiro atoms. The quantitative estimate of drug-likeness (QED) is 0.249. The van der Waals surface area contributed by atoms with E-state index in [4.69, 9.17) is 16.3 Å². The fourth-order valence-electron chi connectivity index (χ4n) is 3.79. The van der Waals surface area contributed by atoms with Gasteiger partial charge in [-0.25, -0.2) is 4.79 Å². The lowest BCUT2D eigenvalue weighted by Crippen LogP contribution is -2.77. The molecule has 0 bridgehead atoms. The predicted molar refractivity (Wildman–Crippen MR) is 129 cm³/mol. The van der Waals surface area contributed by atoms with E-state index in [1.807, 2.05) is 0 Å². The monoisotopic (exact) mass is 564 g/mol. The van der Waals surface area contributed by atoms with E-state index in [0.29, 0.717) is 20.6 Å². The Bertz CT molecular complexity index is 1230. The summed E-state index contributed by atoms with van der Waals surface area (Å²) < 4.78 is 18.6. The van der Waals surface area contributed by atoms with E-state index in [1.165, 1.54) is 12.1 Å². The number of amides is 2. The van der Waals surface area contributed by atoms with Crippen LogP contribution in [0.15, 0.2) is 65.2 Å². The van der Waals surface area contributed by atoms with Crippen molar-refractivity contribution in [3.63, 3.8) is 0 Å². The molecule has 2 aromatic carbocycles. The lowest BCUT2D eigenvalue weighted by molar-refractivity contribution is -0.161. The Morgan fingerprint density at radius 1 is 1.18 bits per heavy atom. The van der Waals surface area contributed by atoms with Crippen LogP contribution in [0.5, 0.6) is 0 Å². The Morgan fingerprint density at radius 3 is 2.56 bits per heavy atom. The minimum Gasteiger partial charge on any atom is -0.455 e. The third kappa shape index (κ3) is 4.70. The number of hydrogen-bond donors (Lipinski definition) is 1. The zero-order valence-electron chi connectivity index (χ0n) is 17.5. The predicted octanol–water partition coefficient (Wildman–Crippen LogP) is 2.48. The molecule has 2 saturated heterocycles. The van der Waals surface area contributed by atoms with Gasteiger partial charge in [-0.3, -0.25) is 18.6 Å². The van der Waals surface area contributed by atoms with Crippen LogP contribution >= 0.6 is 27.5 Å². The van der Waals surface area contributed by atoms with E-state index in [2.05, 4.69) is 27.8 Å². The topological polar surface area (TPSA) is 110 Å². The smallest absolute Gasteiger partial charge is 0.333 e. The third-order valence-electron chi connectivity index (χ3n) is 5.45. The van der Waals surface area contributed by atoms with Crippen molar-refractivity contribution in [2.75, 3.05) is 12.4 Å². The maximum atomic E-state index is 12.9. The number of β-lactam (4-membered cyclic amide) rings is 1. The van der Waals surface area contributed by atoms with Gasteiger partial charge in [0.1, 0.15) is 11.4 Å². The largest absolute Gasteiger partial charge is 0.455 e. The lowest BCUT2D eigenvalue weighted by Gasteiger charge is -2.52. The maximum absolute atomic E-state index is 12.9. The number of carbonyl (C=O) groups excluding carboxylic acids is 4. The second kappa shape index (κ2) is 9.81. The van der Waals surface area contributed by atoms with Crippen molar-refractivity contribution in [1.82, 2.24) is 10.2 Å². The second-order valence-electron chi connectivity index (χ2n) is 7.72. The number of rotatable bonds is 6. The Hall–Kier alpha value is -2.82. The van der Waals surface area contributed by atoms with E-state index in [1.54, 1.807) is 36.4 Å². The van der Waals surface area contributed by atoms with Crippen LogP contribution in [-0.2, 0) is 25.1 Å². The number of Topliss-reactive ketones (excluding diaryl/α,β-unsaturated/α-hetero) is 1. The molecule has 2 heterocycles. The summed E-state index contributed by atoms with van der Waals surface area (Å²) >= 11 is 9.09. The number of fused-ring (bicyclic) bond motifs is 1. The number of nitrogens with one attached hydrogen (secondary N) is 1. The van der Waals surface area contributed by atoms with Crippen molar-refractivity contribution < 1.29 is 28.1 Å². The summed E-state index contributed by atoms with van der Waals surface area (Å²) in [5.41, 5.74) is 0.876. The van der Waals surface area contributed by atoms with Gasteiger partial charge in [-0.2, -0.15) is 0 Å². The van der Waals surface area contributed by atoms with Gasteiger partial charge in [0.25, 0.3) is 5.91 Å². The van der Waals surface area contributed by atoms with Gasteiger partial charge in [-0.1, -0.05) is 40.2 Å². The van der Waals surface area contributed by atoms with Crippen LogP contribution in [0.3, 0.4) is 0 Å². The summed E-state index contributed by atoms with van der Waals surface area (Å²) in [6, 6.07) is 10.5. The third-order valence-corrected chi connectivity index (χ3v) is 7.89. The number of esters is 1. The number of ether oxygens (including phenoxy) is 1. The molecule has 1 N–H and O–H groups in total. The first-order valence-electron chi connectivity index (χ1n) is 10.1. The van der Waals surface area contributed by atoms with Gasteiger partial charge in [-0.15, -0.1) is 0 Å². The SMILES string of the molecule is C=C1CS(=O)[C@@H]2C(NC(=O)c3cccc(Br)c3)C(=O)N2C1C(=O)OCC(=O)c1ccc(Cl)cc1. The number of halogens is 2. The number of benzene rings is 2. The summed E-state index contributed by atoms with van der Waals surface area (Å²) in [5.74, 6) is -2.41. The first-order valence-corrected chi connectivity index (χ1v) is 12.6. The summed E-state index contributed by atoms with van der Waals surface area (Å²) in [6.07, 6.45) is 0. The molecular formula is C23H18BrClN2O6S. The van der Waals surface area contributed by atoms with E-state index in [-0.39, 0.29) is 11.3 Å². The zero-order valence-corrected chi connectivity index (χ0v) is 20.7. The number of carbonyl (C=O) groups is 4. The van der Waals surface area contributed by atoms with Crippen LogP contribution in [0.4, 0.5) is 0 Å². The van der Waals surface area contributed by atoms with Crippen LogP contribution in [0, 0.1) is 0 Å². The van der Waals surface area contributed by atoms with Crippen molar-refractivity contribution in [3.05, 3.63) is 81.3 Å². The van der Waals surface area contributed by atoms with Gasteiger partial charge in [0.05, 0.1) is 10.8 Å². The van der Waals surface area contributed by atoms with Gasteiger partial charge in [0.15, 0.2) is 18.4 Å². The summed E-state index contributed by atoms with van der Waals surface area (Å²) in [7, 11) is -1.57. The van der Waals surface area contributed by atoms with Gasteiger partial charge >= 0.3 is 5.97 Å². The van der Waals surface area contributed by atoms with E-state index in [0.717, 1.165) is 4.90 Å². The molecule has 8 nitrogen and oxygen atoms in total. The molecule has 2 amide bonds. The molecule has 11 heteroatoms. The van der Waals surface area contributed by atoms with Crippen LogP contribution in [0.1, 0.15) is 20.7 Å². The number of ketones is 1. The van der Waals surface area contributed by atoms with Crippen molar-refractivity contribution in [2.45, 2.75) is 17.5 Å². The fraction of sp³-hybridized carbons (Fsp3) is 0.217. The molecule has 4 rings (SSSR count). The average molecular weight is 566 g/mol. The molecule has 3 unspecified atom stereocenters. The summed E-state index contributed by atoms with van der Waals surface area (Å²) in [4.78, 5) is 51.7. The van der Waals surface area contributed by atoms with Crippen molar-refractivity contribution in [2.24, 2.45) is 0 Å². The molecule has 2 aliphatic rings. The summed E-state index contributed by atoms with van der Waals surface area (Å²) in [5, 5.41) is 2.16. The number of nitrogens with zero attached hydrogens (tertiary/aromatic N) is 1. The highest BCUT2D eigenvalue weighted by Gasteiger charge is 2.59. The van der Waals surface area contributed by atoms with Crippen LogP contribution < -0.4 is 5.32 Å². The molecule has 0 aliphatic carbocycles. The number of hydrogen-bond acceptors (Lipinski definition) is 6. The lowest BCUT2D eigenvalue weighted by atomic mass is 9.98. The zero-order chi connectivity index (χ0) is 24.6. The van der Waals surface area contributed by atoms with E-state index < -0.39 is 58.4 Å². The van der Waals surface area contributed by atoms with Crippen molar-refractivity contribution >= 4 is 61.9 Å². The van der Waals surface area contributed by atoms with Crippen molar-refractivity contribution in [3.8, 4) is 0 Å². The van der Waals surface area contributed by atoms with Gasteiger partial charge in [0, 0.05) is 26.4 Å². The normalized spacial score (nSPS) is 23.5. The van der Waals surface area contributed by atoms with E-state index in [9.17, 15) is 23.4 Å². The van der Waals surface area contributed by atoms with Gasteiger partial charge < -0.3 is 15.0 Å². The molecule has 34 heavy (non-hydrogen) atoms. The van der Waals surface area contributed by atoms with E-state index >= 15 is 0 Å². The highest BCUT2D eigenvalue weighted by atomic mass is 79.9. The molecule has 0 radical (unpaired) electrons. The standard InChI is InChI=1S/C23H18BrClN2O6S/c1-12-11-34(32)22-18(26-20(29)14-3-2-4-15(24)9-14)21(30)27(22)19(12)23(31)33-10-17(28)13-5-7-16(25)8-6-13/h2-9,18-19,22H,1,10-11H2,(H,26,29)/t18?,19?,22-,34?/m1/s1. The Kier molecular flexibility index (Phi) is 7.01. The second-order valence-corrected chi connectivity index (χ2v) is 10.6. The Balaban J connectivity index is 1.44. The first kappa shape index (κ1) is 24.3. The maximum Gasteiger partial charge on any atom is 0.333 e. The fourth-order valence-corrected chi connectivity index (χ4v) is 5.97. The minimum atomic E-state index is -1.57. The molecular weight excluding hydrogens is 548 g/mol. The highest BCUT2D eigenvalue weighted by Crippen LogP contribution is 2.35. The highest BCUT2D eigenvalue weighted by molar-refractivity contribution is 9.10. The Labute approximate surface area is 210 Å². The Morgan fingerprint density at radius 2 is 1.88 bits per heavy atom. The molecule has 2 fully saturated rings.